The molecule has 0 heterocycles. The van der Waals surface area contributed by atoms with E-state index in [2.05, 4.69) is 43.2 Å². The van der Waals surface area contributed by atoms with Crippen molar-refractivity contribution in [1.82, 2.24) is 5.32 Å². The Kier molecular flexibility index (Phi) is 7.89. The monoisotopic (exact) mass is 493 g/mol. The molecule has 2 nitrogen and oxygen atoms in total. The third-order valence-corrected chi connectivity index (χ3v) is 4.97. The minimum atomic E-state index is 0.120. The molecule has 2 rings (SSSR count). The fourth-order valence-electron chi connectivity index (χ4n) is 2.28. The van der Waals surface area contributed by atoms with Gasteiger partial charge in [0.15, 0.2) is 0 Å². The van der Waals surface area contributed by atoms with Crippen LogP contribution in [0.1, 0.15) is 25.0 Å². The van der Waals surface area contributed by atoms with Crippen LogP contribution in [0.4, 0.5) is 0 Å². The smallest absolute Gasteiger partial charge is 0.138 e. The molecule has 0 aliphatic heterocycles. The van der Waals surface area contributed by atoms with Crippen molar-refractivity contribution in [1.29, 1.82) is 0 Å². The number of nitrogens with one attached hydrogen (secondary N) is 1. The van der Waals surface area contributed by atoms with Crippen LogP contribution in [0.2, 0.25) is 10.0 Å². The molecule has 0 unspecified atom stereocenters. The number of rotatable bonds is 7. The fraction of sp³-hybridized carbons (Fsp3) is 0.333. The highest BCUT2D eigenvalue weighted by Gasteiger charge is 2.12. The molecule has 2 aromatic carbocycles. The van der Waals surface area contributed by atoms with Crippen LogP contribution in [0.25, 0.3) is 0 Å². The van der Waals surface area contributed by atoms with Gasteiger partial charge in [0, 0.05) is 26.6 Å². The summed E-state index contributed by atoms with van der Waals surface area (Å²) >= 11 is 19.2. The number of hydrogen-bond acceptors (Lipinski definition) is 2. The van der Waals surface area contributed by atoms with E-state index in [1.165, 1.54) is 0 Å². The molecule has 6 heteroatoms. The van der Waals surface area contributed by atoms with Crippen LogP contribution >= 0.6 is 55.1 Å². The summed E-state index contributed by atoms with van der Waals surface area (Å²) in [7, 11) is 0. The van der Waals surface area contributed by atoms with Gasteiger partial charge in [0.25, 0.3) is 0 Å². The molecular formula is C18H19Br2Cl2NO. The molecule has 24 heavy (non-hydrogen) atoms. The average Bonchev–Trinajstić information content (AvgIpc) is 2.48. The van der Waals surface area contributed by atoms with E-state index < -0.39 is 0 Å². The molecule has 0 bridgehead atoms. The van der Waals surface area contributed by atoms with Crippen molar-refractivity contribution < 1.29 is 4.74 Å². The summed E-state index contributed by atoms with van der Waals surface area (Å²) < 4.78 is 7.90. The van der Waals surface area contributed by atoms with Crippen molar-refractivity contribution in [3.63, 3.8) is 0 Å². The molecule has 0 aromatic heterocycles. The Bertz CT molecular complexity index is 708. The molecule has 1 N–H and O–H groups in total. The number of hydrogen-bond donors (Lipinski definition) is 1. The Morgan fingerprint density at radius 3 is 2.50 bits per heavy atom. The lowest BCUT2D eigenvalue weighted by Gasteiger charge is -2.17. The predicted molar refractivity (Wildman–Crippen MR) is 109 cm³/mol. The molecule has 0 radical (unpaired) electrons. The van der Waals surface area contributed by atoms with Gasteiger partial charge in [-0.3, -0.25) is 0 Å². The summed E-state index contributed by atoms with van der Waals surface area (Å²) in [6.07, 6.45) is 0.958. The normalized spacial score (nSPS) is 11.1. The zero-order valence-corrected chi connectivity index (χ0v) is 18.2. The van der Waals surface area contributed by atoms with Gasteiger partial charge in [0.05, 0.1) is 10.6 Å². The zero-order valence-electron chi connectivity index (χ0n) is 13.5. The van der Waals surface area contributed by atoms with Crippen LogP contribution in [-0.4, -0.2) is 12.6 Å². The lowest BCUT2D eigenvalue weighted by atomic mass is 10.1. The quantitative estimate of drug-likeness (QED) is 0.435. The highest BCUT2D eigenvalue weighted by molar-refractivity contribution is 9.11. The first-order valence-electron chi connectivity index (χ1n) is 7.66. The van der Waals surface area contributed by atoms with Crippen LogP contribution in [0, 0.1) is 0 Å². The van der Waals surface area contributed by atoms with Gasteiger partial charge in [0.1, 0.15) is 5.75 Å². The van der Waals surface area contributed by atoms with Gasteiger partial charge in [-0.1, -0.05) is 45.2 Å². The first-order valence-corrected chi connectivity index (χ1v) is 10.00. The Morgan fingerprint density at radius 2 is 1.83 bits per heavy atom. The first kappa shape index (κ1) is 20.1. The third kappa shape index (κ3) is 5.92. The van der Waals surface area contributed by atoms with Crippen LogP contribution < -0.4 is 10.1 Å². The molecule has 130 valence electrons. The van der Waals surface area contributed by atoms with Crippen LogP contribution in [0.15, 0.2) is 39.3 Å². The minimum Gasteiger partial charge on any atom is -0.489 e. The van der Waals surface area contributed by atoms with Gasteiger partial charge >= 0.3 is 0 Å². The summed E-state index contributed by atoms with van der Waals surface area (Å²) in [4.78, 5) is 0. The Labute approximate surface area is 170 Å². The van der Waals surface area contributed by atoms with Gasteiger partial charge in [-0.2, -0.15) is 0 Å². The molecule has 0 saturated heterocycles. The van der Waals surface area contributed by atoms with Crippen LogP contribution in [0.3, 0.4) is 0 Å². The first-order chi connectivity index (χ1) is 11.4. The Morgan fingerprint density at radius 1 is 1.08 bits per heavy atom. The SMILES string of the molecule is CC(C)Oc1c(Br)cc(Br)cc1CNCCc1ccc(Cl)cc1Cl. The second kappa shape index (κ2) is 9.44. The molecule has 0 amide bonds. The second-order valence-electron chi connectivity index (χ2n) is 5.70. The number of benzene rings is 2. The summed E-state index contributed by atoms with van der Waals surface area (Å²) in [5, 5.41) is 4.81. The lowest BCUT2D eigenvalue weighted by molar-refractivity contribution is 0.238. The summed E-state index contributed by atoms with van der Waals surface area (Å²) in [5.74, 6) is 0.880. The molecule has 0 aliphatic carbocycles. The van der Waals surface area contributed by atoms with E-state index in [9.17, 15) is 0 Å². The van der Waals surface area contributed by atoms with Crippen molar-refractivity contribution in [2.45, 2.75) is 32.9 Å². The molecule has 0 spiro atoms. The molecule has 0 fully saturated rings. The van der Waals surface area contributed by atoms with Crippen molar-refractivity contribution >= 4 is 55.1 Å². The Hall–Kier alpha value is -0.260. The highest BCUT2D eigenvalue weighted by atomic mass is 79.9. The summed E-state index contributed by atoms with van der Waals surface area (Å²) in [6, 6.07) is 9.68. The van der Waals surface area contributed by atoms with Crippen LogP contribution in [0.5, 0.6) is 5.75 Å². The third-order valence-electron chi connectivity index (χ3n) is 3.34. The average molecular weight is 496 g/mol. The van der Waals surface area contributed by atoms with Gasteiger partial charge in [0.2, 0.25) is 0 Å². The molecule has 0 atom stereocenters. The lowest BCUT2D eigenvalue weighted by Crippen LogP contribution is -2.18. The fourth-order valence-corrected chi connectivity index (χ4v) is 4.19. The maximum atomic E-state index is 6.20. The molecule has 0 aliphatic rings. The van der Waals surface area contributed by atoms with Crippen molar-refractivity contribution in [2.24, 2.45) is 0 Å². The van der Waals surface area contributed by atoms with E-state index in [1.54, 1.807) is 6.07 Å². The van der Waals surface area contributed by atoms with Crippen LogP contribution in [-0.2, 0) is 13.0 Å². The second-order valence-corrected chi connectivity index (χ2v) is 8.32. The summed E-state index contributed by atoms with van der Waals surface area (Å²) in [5.41, 5.74) is 2.19. The maximum Gasteiger partial charge on any atom is 0.138 e. The van der Waals surface area contributed by atoms with Crippen molar-refractivity contribution in [3.8, 4) is 5.75 Å². The summed E-state index contributed by atoms with van der Waals surface area (Å²) in [6.45, 7) is 5.57. The maximum absolute atomic E-state index is 6.20. The zero-order chi connectivity index (χ0) is 17.7. The van der Waals surface area contributed by atoms with Crippen molar-refractivity contribution in [3.05, 3.63) is 60.4 Å². The van der Waals surface area contributed by atoms with Gasteiger partial charge in [-0.25, -0.2) is 0 Å². The molecule has 0 saturated carbocycles. The van der Waals surface area contributed by atoms with E-state index in [4.69, 9.17) is 27.9 Å². The van der Waals surface area contributed by atoms with Crippen molar-refractivity contribution in [2.75, 3.05) is 6.54 Å². The standard InChI is InChI=1S/C18H19Br2Cl2NO/c1-11(2)24-18-13(7-14(19)8-16(18)20)10-23-6-5-12-3-4-15(21)9-17(12)22/h3-4,7-9,11,23H,5-6,10H2,1-2H3. The van der Waals surface area contributed by atoms with E-state index in [0.717, 1.165) is 38.8 Å². The highest BCUT2D eigenvalue weighted by Crippen LogP contribution is 2.33. The minimum absolute atomic E-state index is 0.120. The number of halogens is 4. The van der Waals surface area contributed by atoms with Gasteiger partial charge < -0.3 is 10.1 Å². The number of ether oxygens (including phenoxy) is 1. The predicted octanol–water partition coefficient (Wildman–Crippen LogP) is 6.64. The van der Waals surface area contributed by atoms with E-state index >= 15 is 0 Å². The van der Waals surface area contributed by atoms with Gasteiger partial charge in [-0.15, -0.1) is 0 Å². The largest absolute Gasteiger partial charge is 0.489 e. The molecular weight excluding hydrogens is 477 g/mol. The van der Waals surface area contributed by atoms with E-state index in [1.807, 2.05) is 32.0 Å². The van der Waals surface area contributed by atoms with E-state index in [0.29, 0.717) is 16.6 Å². The van der Waals surface area contributed by atoms with E-state index in [-0.39, 0.29) is 6.10 Å². The van der Waals surface area contributed by atoms with Gasteiger partial charge in [-0.05, 0) is 72.6 Å². The Balaban J connectivity index is 1.98. The topological polar surface area (TPSA) is 21.3 Å². The molecule has 2 aromatic rings.